The van der Waals surface area contributed by atoms with Crippen molar-refractivity contribution in [2.24, 2.45) is 0 Å². The van der Waals surface area contributed by atoms with E-state index in [2.05, 4.69) is 36.4 Å². The first-order valence-electron chi connectivity index (χ1n) is 3.95. The van der Waals surface area contributed by atoms with Gasteiger partial charge in [0, 0.05) is 10.7 Å². The molecule has 2 rings (SSSR count). The van der Waals surface area contributed by atoms with Gasteiger partial charge >= 0.3 is 0 Å². The van der Waals surface area contributed by atoms with Crippen molar-refractivity contribution in [2.75, 3.05) is 5.32 Å². The number of aromatic nitrogens is 3. The molecule has 2 aromatic heterocycles. The molecule has 2 heterocycles. The molecule has 2 aromatic rings. The number of hydrogen-bond acceptors (Lipinski definition) is 5. The number of rotatable bonds is 3. The van der Waals surface area contributed by atoms with E-state index in [9.17, 15) is 0 Å². The smallest absolute Gasteiger partial charge is 0.205 e. The van der Waals surface area contributed by atoms with Gasteiger partial charge in [0.15, 0.2) is 0 Å². The summed E-state index contributed by atoms with van der Waals surface area (Å²) in [6.07, 6.45) is 1.77. The normalized spacial score (nSPS) is 10.1. The summed E-state index contributed by atoms with van der Waals surface area (Å²) in [6.45, 7) is 0.669. The van der Waals surface area contributed by atoms with E-state index in [1.165, 1.54) is 11.3 Å². The molecule has 0 saturated carbocycles. The fraction of sp³-hybridized carbons (Fsp3) is 0.125. The van der Waals surface area contributed by atoms with Crippen LogP contribution in [-0.4, -0.2) is 15.2 Å². The van der Waals surface area contributed by atoms with Gasteiger partial charge in [-0.2, -0.15) is 0 Å². The highest BCUT2D eigenvalue weighted by Gasteiger charge is 1.97. The van der Waals surface area contributed by atoms with Gasteiger partial charge in [-0.05, 0) is 28.1 Å². The van der Waals surface area contributed by atoms with Crippen molar-refractivity contribution in [1.29, 1.82) is 0 Å². The summed E-state index contributed by atoms with van der Waals surface area (Å²) in [5, 5.41) is 11.5. The van der Waals surface area contributed by atoms with Crippen LogP contribution in [0.5, 0.6) is 0 Å². The third kappa shape index (κ3) is 2.49. The van der Waals surface area contributed by atoms with Crippen molar-refractivity contribution in [3.63, 3.8) is 0 Å². The molecule has 0 saturated heterocycles. The van der Waals surface area contributed by atoms with Gasteiger partial charge in [0.25, 0.3) is 0 Å². The molecule has 0 unspecified atom stereocenters. The Balaban J connectivity index is 1.95. The molecule has 0 aliphatic rings. The molecule has 1 N–H and O–H groups in total. The summed E-state index contributed by atoms with van der Waals surface area (Å²) >= 11 is 4.81. The molecule has 0 amide bonds. The number of hydrogen-bond donors (Lipinski definition) is 1. The predicted molar refractivity (Wildman–Crippen MR) is 59.2 cm³/mol. The highest BCUT2D eigenvalue weighted by molar-refractivity contribution is 9.10. The first kappa shape index (κ1) is 9.54. The monoisotopic (exact) mass is 270 g/mol. The maximum Gasteiger partial charge on any atom is 0.205 e. The van der Waals surface area contributed by atoms with Gasteiger partial charge in [0.1, 0.15) is 5.51 Å². The largest absolute Gasteiger partial charge is 0.354 e. The lowest BCUT2D eigenvalue weighted by molar-refractivity contribution is 1.01. The number of anilines is 1. The summed E-state index contributed by atoms with van der Waals surface area (Å²) in [7, 11) is 0. The van der Waals surface area contributed by atoms with Crippen LogP contribution in [0.3, 0.4) is 0 Å². The van der Waals surface area contributed by atoms with E-state index >= 15 is 0 Å². The SMILES string of the molecule is Brc1ccc(CNc2nncs2)nc1. The van der Waals surface area contributed by atoms with Crippen molar-refractivity contribution in [2.45, 2.75) is 6.54 Å². The van der Waals surface area contributed by atoms with E-state index in [0.717, 1.165) is 15.3 Å². The van der Waals surface area contributed by atoms with Crippen LogP contribution >= 0.6 is 27.3 Å². The molecule has 4 nitrogen and oxygen atoms in total. The molecule has 0 bridgehead atoms. The first-order chi connectivity index (χ1) is 6.84. The van der Waals surface area contributed by atoms with Crippen LogP contribution in [0.2, 0.25) is 0 Å². The Kier molecular flexibility index (Phi) is 3.05. The van der Waals surface area contributed by atoms with E-state index in [-0.39, 0.29) is 0 Å². The Morgan fingerprint density at radius 1 is 1.43 bits per heavy atom. The van der Waals surface area contributed by atoms with Crippen molar-refractivity contribution >= 4 is 32.4 Å². The average Bonchev–Trinajstić information content (AvgIpc) is 2.70. The van der Waals surface area contributed by atoms with Crippen LogP contribution in [0.15, 0.2) is 28.3 Å². The number of nitrogens with zero attached hydrogens (tertiary/aromatic N) is 3. The van der Waals surface area contributed by atoms with Crippen LogP contribution in [0.25, 0.3) is 0 Å². The molecule has 0 aromatic carbocycles. The van der Waals surface area contributed by atoms with Gasteiger partial charge in [-0.3, -0.25) is 4.98 Å². The van der Waals surface area contributed by atoms with Crippen molar-refractivity contribution in [1.82, 2.24) is 15.2 Å². The summed E-state index contributed by atoms with van der Waals surface area (Å²) in [4.78, 5) is 4.22. The third-order valence-corrected chi connectivity index (χ3v) is 2.69. The third-order valence-electron chi connectivity index (χ3n) is 1.57. The van der Waals surface area contributed by atoms with Gasteiger partial charge in [-0.1, -0.05) is 11.3 Å². The van der Waals surface area contributed by atoms with Crippen molar-refractivity contribution in [3.05, 3.63) is 34.0 Å². The Hall–Kier alpha value is -1.01. The quantitative estimate of drug-likeness (QED) is 0.930. The summed E-state index contributed by atoms with van der Waals surface area (Å²) in [5.74, 6) is 0. The van der Waals surface area contributed by atoms with E-state index < -0.39 is 0 Å². The molecular weight excluding hydrogens is 264 g/mol. The minimum Gasteiger partial charge on any atom is -0.354 e. The number of pyridine rings is 1. The van der Waals surface area contributed by atoms with Gasteiger partial charge in [-0.25, -0.2) is 0 Å². The molecule has 0 fully saturated rings. The summed E-state index contributed by atoms with van der Waals surface area (Å²) in [5.41, 5.74) is 2.67. The Bertz CT molecular complexity index is 386. The first-order valence-corrected chi connectivity index (χ1v) is 5.62. The van der Waals surface area contributed by atoms with Crippen LogP contribution in [0.4, 0.5) is 5.13 Å². The summed E-state index contributed by atoms with van der Waals surface area (Å²) < 4.78 is 0.983. The lowest BCUT2D eigenvalue weighted by atomic mass is 10.3. The Morgan fingerprint density at radius 2 is 2.36 bits per heavy atom. The lowest BCUT2D eigenvalue weighted by Gasteiger charge is -2.00. The highest BCUT2D eigenvalue weighted by Crippen LogP contribution is 2.11. The predicted octanol–water partition coefficient (Wildman–Crippen LogP) is 2.31. The van der Waals surface area contributed by atoms with Crippen LogP contribution in [-0.2, 0) is 6.54 Å². The number of nitrogens with one attached hydrogen (secondary N) is 1. The zero-order valence-electron chi connectivity index (χ0n) is 7.14. The second-order valence-electron chi connectivity index (χ2n) is 2.57. The highest BCUT2D eigenvalue weighted by atomic mass is 79.9. The van der Waals surface area contributed by atoms with E-state index in [0.29, 0.717) is 6.54 Å². The van der Waals surface area contributed by atoms with Gasteiger partial charge in [0.2, 0.25) is 5.13 Å². The molecule has 6 heteroatoms. The zero-order chi connectivity index (χ0) is 9.80. The molecule has 0 radical (unpaired) electrons. The fourth-order valence-electron chi connectivity index (χ4n) is 0.927. The summed E-state index contributed by atoms with van der Waals surface area (Å²) in [6, 6.07) is 3.92. The lowest BCUT2D eigenvalue weighted by Crippen LogP contribution is -2.00. The fourth-order valence-corrected chi connectivity index (χ4v) is 1.61. The Labute approximate surface area is 93.5 Å². The van der Waals surface area contributed by atoms with Crippen molar-refractivity contribution in [3.8, 4) is 0 Å². The second-order valence-corrected chi connectivity index (χ2v) is 4.31. The van der Waals surface area contributed by atoms with Gasteiger partial charge in [-0.15, -0.1) is 10.2 Å². The Morgan fingerprint density at radius 3 is 3.00 bits per heavy atom. The molecule has 14 heavy (non-hydrogen) atoms. The molecule has 0 atom stereocenters. The minimum atomic E-state index is 0.669. The topological polar surface area (TPSA) is 50.7 Å². The van der Waals surface area contributed by atoms with Crippen molar-refractivity contribution < 1.29 is 0 Å². The molecule has 0 spiro atoms. The standard InChI is InChI=1S/C8H7BrN4S/c9-6-1-2-7(10-3-6)4-11-8-13-12-5-14-8/h1-3,5H,4H2,(H,11,13). The minimum absolute atomic E-state index is 0.669. The van der Waals surface area contributed by atoms with Crippen LogP contribution < -0.4 is 5.32 Å². The van der Waals surface area contributed by atoms with Gasteiger partial charge in [0.05, 0.1) is 12.2 Å². The van der Waals surface area contributed by atoms with E-state index in [1.807, 2.05) is 12.1 Å². The molecule has 0 aliphatic heterocycles. The molecule has 72 valence electrons. The number of halogens is 1. The maximum atomic E-state index is 4.22. The van der Waals surface area contributed by atoms with Crippen LogP contribution in [0, 0.1) is 0 Å². The van der Waals surface area contributed by atoms with Crippen LogP contribution in [0.1, 0.15) is 5.69 Å². The van der Waals surface area contributed by atoms with E-state index in [4.69, 9.17) is 0 Å². The zero-order valence-corrected chi connectivity index (χ0v) is 9.55. The average molecular weight is 271 g/mol. The molecule has 0 aliphatic carbocycles. The van der Waals surface area contributed by atoms with E-state index in [1.54, 1.807) is 11.7 Å². The van der Waals surface area contributed by atoms with Gasteiger partial charge < -0.3 is 5.32 Å². The second kappa shape index (κ2) is 4.47. The maximum absolute atomic E-state index is 4.22. The molecular formula is C8H7BrN4S.